The van der Waals surface area contributed by atoms with E-state index in [-0.39, 0.29) is 37.5 Å². The van der Waals surface area contributed by atoms with E-state index in [1.807, 2.05) is 72.9 Å². The zero-order chi connectivity index (χ0) is 48.6. The van der Waals surface area contributed by atoms with Gasteiger partial charge in [0.2, 0.25) is 0 Å². The molecule has 0 aromatic rings. The van der Waals surface area contributed by atoms with Gasteiger partial charge < -0.3 is 14.2 Å². The van der Waals surface area contributed by atoms with Crippen LogP contribution in [0.15, 0.2) is 158 Å². The van der Waals surface area contributed by atoms with Gasteiger partial charge >= 0.3 is 17.9 Å². The first-order valence-corrected chi connectivity index (χ1v) is 26.2. The van der Waals surface area contributed by atoms with E-state index in [0.717, 1.165) is 122 Å². The monoisotopic (exact) mass is 921 g/mol. The highest BCUT2D eigenvalue weighted by atomic mass is 16.6. The molecule has 0 N–H and O–H groups in total. The first-order valence-electron chi connectivity index (χ1n) is 26.2. The third kappa shape index (κ3) is 51.9. The molecule has 0 radical (unpaired) electrons. The van der Waals surface area contributed by atoms with Crippen LogP contribution in [0.25, 0.3) is 0 Å². The summed E-state index contributed by atoms with van der Waals surface area (Å²) in [5.41, 5.74) is 0. The van der Waals surface area contributed by atoms with Crippen LogP contribution >= 0.6 is 0 Å². The Hall–Kier alpha value is -4.97. The number of esters is 3. The molecule has 0 aliphatic carbocycles. The van der Waals surface area contributed by atoms with Crippen molar-refractivity contribution >= 4 is 17.9 Å². The summed E-state index contributed by atoms with van der Waals surface area (Å²) in [7, 11) is 0. The summed E-state index contributed by atoms with van der Waals surface area (Å²) < 4.78 is 16.7. The molecule has 0 saturated carbocycles. The second kappa shape index (κ2) is 53.6. The Morgan fingerprint density at radius 3 is 0.985 bits per heavy atom. The Morgan fingerprint density at radius 1 is 0.313 bits per heavy atom. The van der Waals surface area contributed by atoms with Crippen molar-refractivity contribution in [1.82, 2.24) is 0 Å². The van der Waals surface area contributed by atoms with E-state index < -0.39 is 6.10 Å². The first kappa shape index (κ1) is 62.0. The first-order chi connectivity index (χ1) is 33.0. The van der Waals surface area contributed by atoms with Crippen LogP contribution in [0.4, 0.5) is 0 Å². The van der Waals surface area contributed by atoms with E-state index in [9.17, 15) is 14.4 Å². The van der Waals surface area contributed by atoms with Crippen LogP contribution in [-0.2, 0) is 28.6 Å². The van der Waals surface area contributed by atoms with Gasteiger partial charge in [0.25, 0.3) is 0 Å². The molecular formula is C61H92O6. The minimum atomic E-state index is -0.826. The number of hydrogen-bond donors (Lipinski definition) is 0. The fourth-order valence-corrected chi connectivity index (χ4v) is 6.37. The summed E-state index contributed by atoms with van der Waals surface area (Å²) in [6.45, 7) is 6.26. The standard InChI is InChI=1S/C61H92O6/c1-4-7-10-13-16-19-22-25-27-29-31-33-36-39-42-45-48-51-54-60(63)66-57-58(56-65-59(62)53-50-47-44-41-38-35-24-21-18-15-12-9-6-3)67-61(64)55-52-49-46-43-40-37-34-32-30-28-26-23-20-17-14-11-8-5-2/h9-10,12-13,15-35,38,58H,4-8,11,14,36-37,39-57H2,1-3H3/b12-9-,13-10-,18-15-,19-16-,20-17-,24-21-,25-22-,26-23-,29-27-,30-28-,33-31-,34-32-,38-35-. The van der Waals surface area contributed by atoms with Crippen LogP contribution in [0.5, 0.6) is 0 Å². The summed E-state index contributed by atoms with van der Waals surface area (Å²) >= 11 is 0. The molecule has 1 atom stereocenters. The molecule has 67 heavy (non-hydrogen) atoms. The van der Waals surface area contributed by atoms with Crippen LogP contribution < -0.4 is 0 Å². The third-order valence-electron chi connectivity index (χ3n) is 10.3. The number of unbranched alkanes of at least 4 members (excludes halogenated alkanes) is 17. The van der Waals surface area contributed by atoms with E-state index in [0.29, 0.717) is 12.8 Å². The van der Waals surface area contributed by atoms with Crippen LogP contribution in [0.1, 0.15) is 188 Å². The van der Waals surface area contributed by atoms with Gasteiger partial charge in [-0.25, -0.2) is 0 Å². The molecule has 0 fully saturated rings. The average molecular weight is 921 g/mol. The Kier molecular flexibility index (Phi) is 49.7. The summed E-state index contributed by atoms with van der Waals surface area (Å²) in [5.74, 6) is -1.02. The molecule has 0 aromatic carbocycles. The molecule has 6 heteroatoms. The van der Waals surface area contributed by atoms with Gasteiger partial charge in [-0.15, -0.1) is 0 Å². The van der Waals surface area contributed by atoms with Gasteiger partial charge in [0.1, 0.15) is 13.2 Å². The molecule has 0 aliphatic rings. The van der Waals surface area contributed by atoms with Gasteiger partial charge in [-0.05, 0) is 83.5 Å². The number of hydrogen-bond acceptors (Lipinski definition) is 6. The molecule has 0 amide bonds. The highest BCUT2D eigenvalue weighted by Gasteiger charge is 2.19. The summed E-state index contributed by atoms with van der Waals surface area (Å²) in [4.78, 5) is 38.0. The largest absolute Gasteiger partial charge is 0.462 e. The SMILES string of the molecule is CC\C=C/C=C\C=C/C=C\CCCCCC(=O)OCC(COC(=O)CCCCCCC\C=C/C=C\C=C/C=C\C=C/CCC)OC(=O)CCCCCCC\C=C/C=C\C=C/C=C\CCCCC. The van der Waals surface area contributed by atoms with Crippen molar-refractivity contribution in [2.45, 2.75) is 194 Å². The number of allylic oxidation sites excluding steroid dienone is 26. The molecule has 0 rings (SSSR count). The molecule has 0 saturated heterocycles. The van der Waals surface area contributed by atoms with Gasteiger partial charge in [-0.3, -0.25) is 14.4 Å². The summed E-state index contributed by atoms with van der Waals surface area (Å²) in [6.07, 6.45) is 77.8. The number of carbonyl (C=O) groups is 3. The number of carbonyl (C=O) groups excluding carboxylic acids is 3. The molecule has 0 aromatic heterocycles. The van der Waals surface area contributed by atoms with Crippen molar-refractivity contribution in [2.75, 3.05) is 13.2 Å². The molecule has 1 unspecified atom stereocenters. The highest BCUT2D eigenvalue weighted by molar-refractivity contribution is 5.71. The van der Waals surface area contributed by atoms with Crippen molar-refractivity contribution < 1.29 is 28.6 Å². The van der Waals surface area contributed by atoms with Gasteiger partial charge in [-0.1, -0.05) is 243 Å². The second-order valence-corrected chi connectivity index (χ2v) is 16.6. The molecule has 6 nitrogen and oxygen atoms in total. The molecule has 0 aliphatic heterocycles. The van der Waals surface area contributed by atoms with Crippen molar-refractivity contribution in [2.24, 2.45) is 0 Å². The van der Waals surface area contributed by atoms with Gasteiger partial charge in [-0.2, -0.15) is 0 Å². The Bertz CT molecular complexity index is 1570. The summed E-state index contributed by atoms with van der Waals surface area (Å²) in [5, 5.41) is 0. The highest BCUT2D eigenvalue weighted by Crippen LogP contribution is 2.12. The van der Waals surface area contributed by atoms with Gasteiger partial charge in [0, 0.05) is 19.3 Å². The molecule has 0 spiro atoms. The Labute approximate surface area is 409 Å². The van der Waals surface area contributed by atoms with E-state index in [1.165, 1.54) is 25.7 Å². The number of rotatable bonds is 44. The Balaban J connectivity index is 4.59. The predicted octanol–water partition coefficient (Wildman–Crippen LogP) is 17.4. The van der Waals surface area contributed by atoms with Crippen LogP contribution in [0.2, 0.25) is 0 Å². The van der Waals surface area contributed by atoms with Gasteiger partial charge in [0.05, 0.1) is 0 Å². The lowest BCUT2D eigenvalue weighted by atomic mass is 10.1. The smallest absolute Gasteiger partial charge is 0.306 e. The third-order valence-corrected chi connectivity index (χ3v) is 10.3. The minimum absolute atomic E-state index is 0.122. The molecule has 372 valence electrons. The van der Waals surface area contributed by atoms with E-state index in [1.54, 1.807) is 0 Å². The van der Waals surface area contributed by atoms with Crippen molar-refractivity contribution in [3.05, 3.63) is 158 Å². The zero-order valence-electron chi connectivity index (χ0n) is 42.3. The lowest BCUT2D eigenvalue weighted by Crippen LogP contribution is -2.30. The van der Waals surface area contributed by atoms with Crippen LogP contribution in [-0.4, -0.2) is 37.2 Å². The van der Waals surface area contributed by atoms with Gasteiger partial charge in [0.15, 0.2) is 6.10 Å². The maximum absolute atomic E-state index is 12.8. The maximum Gasteiger partial charge on any atom is 0.306 e. The lowest BCUT2D eigenvalue weighted by molar-refractivity contribution is -0.167. The van der Waals surface area contributed by atoms with E-state index in [4.69, 9.17) is 14.2 Å². The number of ether oxygens (including phenoxy) is 3. The minimum Gasteiger partial charge on any atom is -0.462 e. The Morgan fingerprint density at radius 2 is 0.612 bits per heavy atom. The maximum atomic E-state index is 12.8. The van der Waals surface area contributed by atoms with Crippen molar-refractivity contribution in [1.29, 1.82) is 0 Å². The normalized spacial score (nSPS) is 13.4. The molecular weight excluding hydrogens is 829 g/mol. The van der Waals surface area contributed by atoms with E-state index >= 15 is 0 Å². The van der Waals surface area contributed by atoms with Crippen molar-refractivity contribution in [3.63, 3.8) is 0 Å². The fraction of sp³-hybridized carbons (Fsp3) is 0.525. The van der Waals surface area contributed by atoms with E-state index in [2.05, 4.69) is 106 Å². The quantitative estimate of drug-likeness (QED) is 0.0262. The molecule has 0 heterocycles. The average Bonchev–Trinajstić information content (AvgIpc) is 3.33. The lowest BCUT2D eigenvalue weighted by Gasteiger charge is -2.18. The summed E-state index contributed by atoms with van der Waals surface area (Å²) in [6, 6.07) is 0. The zero-order valence-corrected chi connectivity index (χ0v) is 42.3. The fourth-order valence-electron chi connectivity index (χ4n) is 6.37. The second-order valence-electron chi connectivity index (χ2n) is 16.6. The molecule has 0 bridgehead atoms. The van der Waals surface area contributed by atoms with Crippen molar-refractivity contribution in [3.8, 4) is 0 Å². The topological polar surface area (TPSA) is 78.9 Å². The van der Waals surface area contributed by atoms with Crippen LogP contribution in [0, 0.1) is 0 Å². The van der Waals surface area contributed by atoms with Crippen LogP contribution in [0.3, 0.4) is 0 Å². The predicted molar refractivity (Wildman–Crippen MR) is 288 cm³/mol.